The van der Waals surface area contributed by atoms with E-state index in [0.29, 0.717) is 0 Å². The molecule has 2 heterocycles. The third kappa shape index (κ3) is 6.21. The van der Waals surface area contributed by atoms with Crippen molar-refractivity contribution in [2.75, 3.05) is 20.1 Å². The van der Waals surface area contributed by atoms with E-state index in [0.717, 1.165) is 37.0 Å². The maximum atomic E-state index is 4.70. The van der Waals surface area contributed by atoms with Crippen molar-refractivity contribution in [3.05, 3.63) is 38.5 Å². The van der Waals surface area contributed by atoms with E-state index in [1.54, 1.807) is 22.7 Å². The molecule has 0 saturated carbocycles. The SMILES string of the molecule is CCNC(=NCCc1ncc(C)s1)N(C)Cc1ccsc1.I. The zero-order valence-corrected chi connectivity index (χ0v) is 17.2. The Labute approximate surface area is 157 Å². The number of nitrogens with zero attached hydrogens (tertiary/aromatic N) is 3. The van der Waals surface area contributed by atoms with Gasteiger partial charge < -0.3 is 10.2 Å². The molecule has 0 aliphatic rings. The molecule has 7 heteroatoms. The number of aliphatic imine (C=N–C) groups is 1. The summed E-state index contributed by atoms with van der Waals surface area (Å²) < 4.78 is 0. The van der Waals surface area contributed by atoms with Crippen LogP contribution in [0.3, 0.4) is 0 Å². The number of hydrogen-bond donors (Lipinski definition) is 1. The second-order valence-electron chi connectivity index (χ2n) is 4.84. The summed E-state index contributed by atoms with van der Waals surface area (Å²) >= 11 is 3.48. The summed E-state index contributed by atoms with van der Waals surface area (Å²) in [7, 11) is 2.08. The lowest BCUT2D eigenvalue weighted by atomic mass is 10.3. The van der Waals surface area contributed by atoms with Gasteiger partial charge in [0.2, 0.25) is 0 Å². The molecule has 22 heavy (non-hydrogen) atoms. The van der Waals surface area contributed by atoms with Crippen molar-refractivity contribution in [3.8, 4) is 0 Å². The molecule has 0 unspecified atom stereocenters. The Morgan fingerprint density at radius 1 is 1.45 bits per heavy atom. The lowest BCUT2D eigenvalue weighted by Crippen LogP contribution is -2.38. The van der Waals surface area contributed by atoms with Crippen LogP contribution in [-0.2, 0) is 13.0 Å². The molecule has 0 saturated heterocycles. The van der Waals surface area contributed by atoms with E-state index in [9.17, 15) is 0 Å². The van der Waals surface area contributed by atoms with E-state index in [-0.39, 0.29) is 24.0 Å². The summed E-state index contributed by atoms with van der Waals surface area (Å²) in [5.74, 6) is 0.956. The molecular weight excluding hydrogens is 427 g/mol. The third-order valence-electron chi connectivity index (χ3n) is 2.95. The van der Waals surface area contributed by atoms with Crippen molar-refractivity contribution in [2.45, 2.75) is 26.8 Å². The van der Waals surface area contributed by atoms with E-state index in [2.05, 4.69) is 52.9 Å². The Bertz CT molecular complexity index is 566. The molecule has 2 aromatic heterocycles. The first-order chi connectivity index (χ1) is 10.2. The van der Waals surface area contributed by atoms with Gasteiger partial charge >= 0.3 is 0 Å². The predicted molar refractivity (Wildman–Crippen MR) is 108 cm³/mol. The number of aryl methyl sites for hydroxylation is 1. The molecule has 0 radical (unpaired) electrons. The zero-order valence-electron chi connectivity index (χ0n) is 13.2. The fraction of sp³-hybridized carbons (Fsp3) is 0.467. The van der Waals surface area contributed by atoms with Gasteiger partial charge in [-0.05, 0) is 36.2 Å². The lowest BCUT2D eigenvalue weighted by molar-refractivity contribution is 0.478. The Morgan fingerprint density at radius 2 is 2.27 bits per heavy atom. The topological polar surface area (TPSA) is 40.5 Å². The second-order valence-corrected chi connectivity index (χ2v) is 6.94. The summed E-state index contributed by atoms with van der Waals surface area (Å²) in [6.07, 6.45) is 2.83. The quantitative estimate of drug-likeness (QED) is 0.414. The molecule has 0 aliphatic carbocycles. The molecule has 2 rings (SSSR count). The molecule has 1 N–H and O–H groups in total. The molecule has 0 aromatic carbocycles. The van der Waals surface area contributed by atoms with Gasteiger partial charge in [0.15, 0.2) is 5.96 Å². The van der Waals surface area contributed by atoms with Gasteiger partial charge in [-0.1, -0.05) is 0 Å². The number of thiazole rings is 1. The fourth-order valence-electron chi connectivity index (χ4n) is 1.98. The summed E-state index contributed by atoms with van der Waals surface area (Å²) in [6.45, 7) is 6.71. The van der Waals surface area contributed by atoms with Gasteiger partial charge in [-0.15, -0.1) is 35.3 Å². The smallest absolute Gasteiger partial charge is 0.193 e. The number of nitrogens with one attached hydrogen (secondary N) is 1. The summed E-state index contributed by atoms with van der Waals surface area (Å²) in [5, 5.41) is 8.80. The molecular formula is C15H23IN4S2. The predicted octanol–water partition coefficient (Wildman–Crippen LogP) is 3.77. The highest BCUT2D eigenvalue weighted by atomic mass is 127. The van der Waals surface area contributed by atoms with Gasteiger partial charge in [-0.25, -0.2) is 4.98 Å². The van der Waals surface area contributed by atoms with E-state index in [4.69, 9.17) is 4.99 Å². The number of guanidine groups is 1. The number of halogens is 1. The first-order valence-electron chi connectivity index (χ1n) is 7.11. The van der Waals surface area contributed by atoms with Gasteiger partial charge in [0.05, 0.1) is 5.01 Å². The van der Waals surface area contributed by atoms with Gasteiger partial charge in [-0.2, -0.15) is 11.3 Å². The van der Waals surface area contributed by atoms with E-state index in [1.807, 2.05) is 6.20 Å². The maximum absolute atomic E-state index is 4.70. The standard InChI is InChI=1S/C15H22N4S2.HI/c1-4-16-15(19(3)10-13-6-8-20-11-13)17-7-5-14-18-9-12(2)21-14;/h6,8-9,11H,4-5,7,10H2,1-3H3,(H,16,17);1H. The van der Waals surface area contributed by atoms with Crippen LogP contribution >= 0.6 is 46.7 Å². The Kier molecular flexibility index (Phi) is 8.96. The van der Waals surface area contributed by atoms with Crippen molar-refractivity contribution in [3.63, 3.8) is 0 Å². The van der Waals surface area contributed by atoms with Crippen molar-refractivity contribution < 1.29 is 0 Å². The molecule has 0 aliphatic heterocycles. The number of rotatable bonds is 6. The van der Waals surface area contributed by atoms with Crippen LogP contribution in [0.2, 0.25) is 0 Å². The molecule has 4 nitrogen and oxygen atoms in total. The highest BCUT2D eigenvalue weighted by Gasteiger charge is 2.07. The van der Waals surface area contributed by atoms with Crippen LogP contribution in [0.25, 0.3) is 0 Å². The molecule has 0 fully saturated rings. The Hall–Kier alpha value is -0.670. The average Bonchev–Trinajstić information content (AvgIpc) is 3.09. The van der Waals surface area contributed by atoms with E-state index < -0.39 is 0 Å². The number of hydrogen-bond acceptors (Lipinski definition) is 4. The van der Waals surface area contributed by atoms with Crippen molar-refractivity contribution in [2.24, 2.45) is 4.99 Å². The normalized spacial score (nSPS) is 11.1. The summed E-state index contributed by atoms with van der Waals surface area (Å²) in [4.78, 5) is 12.5. The molecule has 0 bridgehead atoms. The number of aromatic nitrogens is 1. The largest absolute Gasteiger partial charge is 0.357 e. The van der Waals surface area contributed by atoms with E-state index in [1.165, 1.54) is 10.4 Å². The first kappa shape index (κ1) is 19.4. The molecule has 0 amide bonds. The second kappa shape index (κ2) is 10.2. The summed E-state index contributed by atoms with van der Waals surface area (Å²) in [6, 6.07) is 2.16. The van der Waals surface area contributed by atoms with Crippen LogP contribution in [0.1, 0.15) is 22.4 Å². The fourth-order valence-corrected chi connectivity index (χ4v) is 3.41. The van der Waals surface area contributed by atoms with Crippen LogP contribution in [0.5, 0.6) is 0 Å². The van der Waals surface area contributed by atoms with E-state index >= 15 is 0 Å². The molecule has 0 atom stereocenters. The minimum Gasteiger partial charge on any atom is -0.357 e. The van der Waals surface area contributed by atoms with Gasteiger partial charge in [0.25, 0.3) is 0 Å². The van der Waals surface area contributed by atoms with Crippen LogP contribution < -0.4 is 5.32 Å². The van der Waals surface area contributed by atoms with Gasteiger partial charge in [0, 0.05) is 44.2 Å². The highest BCUT2D eigenvalue weighted by molar-refractivity contribution is 14.0. The van der Waals surface area contributed by atoms with Gasteiger partial charge in [-0.3, -0.25) is 4.99 Å². The molecule has 0 spiro atoms. The third-order valence-corrected chi connectivity index (χ3v) is 4.66. The Balaban J connectivity index is 0.00000242. The van der Waals surface area contributed by atoms with Crippen LogP contribution in [0.4, 0.5) is 0 Å². The summed E-state index contributed by atoms with van der Waals surface area (Å²) in [5.41, 5.74) is 1.32. The molecule has 2 aromatic rings. The van der Waals surface area contributed by atoms with Gasteiger partial charge in [0.1, 0.15) is 0 Å². The Morgan fingerprint density at radius 3 is 2.86 bits per heavy atom. The van der Waals surface area contributed by atoms with Crippen LogP contribution in [-0.4, -0.2) is 36.0 Å². The van der Waals surface area contributed by atoms with Crippen molar-refractivity contribution in [1.29, 1.82) is 0 Å². The van der Waals surface area contributed by atoms with Crippen molar-refractivity contribution >= 4 is 52.6 Å². The van der Waals surface area contributed by atoms with Crippen molar-refractivity contribution in [1.82, 2.24) is 15.2 Å². The van der Waals surface area contributed by atoms with Crippen LogP contribution in [0, 0.1) is 6.92 Å². The first-order valence-corrected chi connectivity index (χ1v) is 8.86. The molecule has 122 valence electrons. The van der Waals surface area contributed by atoms with Crippen LogP contribution in [0.15, 0.2) is 28.0 Å². The minimum absolute atomic E-state index is 0. The number of thiophene rings is 1. The highest BCUT2D eigenvalue weighted by Crippen LogP contribution is 2.12. The zero-order chi connectivity index (χ0) is 15.1. The average molecular weight is 450 g/mol. The maximum Gasteiger partial charge on any atom is 0.193 e. The minimum atomic E-state index is 0. The monoisotopic (exact) mass is 450 g/mol. The lowest BCUT2D eigenvalue weighted by Gasteiger charge is -2.21.